The van der Waals surface area contributed by atoms with Gasteiger partial charge in [0.05, 0.1) is 6.54 Å². The van der Waals surface area contributed by atoms with E-state index in [2.05, 4.69) is 39.4 Å². The maximum absolute atomic E-state index is 12.9. The van der Waals surface area contributed by atoms with Crippen molar-refractivity contribution in [3.8, 4) is 5.88 Å². The monoisotopic (exact) mass is 401 g/mol. The van der Waals surface area contributed by atoms with Crippen LogP contribution in [0.2, 0.25) is 0 Å². The van der Waals surface area contributed by atoms with Crippen molar-refractivity contribution in [2.75, 3.05) is 39.8 Å². The van der Waals surface area contributed by atoms with Crippen molar-refractivity contribution in [3.63, 3.8) is 0 Å². The number of piperidine rings is 1. The molecule has 158 valence electrons. The van der Waals surface area contributed by atoms with E-state index in [9.17, 15) is 13.2 Å². The number of hydrogen-bond acceptors (Lipinski definition) is 4. The van der Waals surface area contributed by atoms with Gasteiger partial charge in [-0.3, -0.25) is 4.99 Å². The average molecular weight is 401 g/mol. The number of likely N-dealkylation sites (tertiary alicyclic amines) is 1. The number of guanidine groups is 1. The normalized spacial score (nSPS) is 17.0. The zero-order valence-electron chi connectivity index (χ0n) is 16.7. The molecule has 0 radical (unpaired) electrons. The first-order valence-corrected chi connectivity index (χ1v) is 9.64. The van der Waals surface area contributed by atoms with Gasteiger partial charge in [0, 0.05) is 38.9 Å². The smallest absolute Gasteiger partial charge is 0.421 e. The Hall–Kier alpha value is -2.03. The summed E-state index contributed by atoms with van der Waals surface area (Å²) in [4.78, 5) is 10.3. The van der Waals surface area contributed by atoms with Gasteiger partial charge in [-0.05, 0) is 30.9 Å². The first-order chi connectivity index (χ1) is 13.3. The third-order valence-electron chi connectivity index (χ3n) is 4.49. The fourth-order valence-electron chi connectivity index (χ4n) is 3.20. The Morgan fingerprint density at radius 1 is 1.36 bits per heavy atom. The van der Waals surface area contributed by atoms with Crippen LogP contribution in [0.3, 0.4) is 0 Å². The maximum atomic E-state index is 12.9. The SMILES string of the molecule is CN=C(NCCOc1ncccc1C(F)(F)F)NC1CCN(CC(C)C)CC1. The number of alkyl halides is 3. The molecule has 0 spiro atoms. The van der Waals surface area contributed by atoms with Gasteiger partial charge in [-0.15, -0.1) is 0 Å². The fraction of sp³-hybridized carbons (Fsp3) is 0.684. The lowest BCUT2D eigenvalue weighted by molar-refractivity contribution is -0.139. The molecule has 1 aromatic heterocycles. The summed E-state index contributed by atoms with van der Waals surface area (Å²) in [5, 5.41) is 6.45. The second-order valence-electron chi connectivity index (χ2n) is 7.31. The number of pyridine rings is 1. The van der Waals surface area contributed by atoms with Crippen LogP contribution in [-0.4, -0.2) is 61.7 Å². The van der Waals surface area contributed by atoms with E-state index in [1.807, 2.05) is 0 Å². The predicted molar refractivity (Wildman–Crippen MR) is 104 cm³/mol. The molecule has 28 heavy (non-hydrogen) atoms. The molecule has 0 amide bonds. The molecule has 0 aromatic carbocycles. The van der Waals surface area contributed by atoms with E-state index < -0.39 is 17.6 Å². The minimum atomic E-state index is -4.49. The predicted octanol–water partition coefficient (Wildman–Crippen LogP) is 2.76. The molecule has 2 rings (SSSR count). The molecule has 6 nitrogen and oxygen atoms in total. The third-order valence-corrected chi connectivity index (χ3v) is 4.49. The van der Waals surface area contributed by atoms with E-state index >= 15 is 0 Å². The van der Waals surface area contributed by atoms with Crippen molar-refractivity contribution >= 4 is 5.96 Å². The Kier molecular flexibility index (Phi) is 8.35. The summed E-state index contributed by atoms with van der Waals surface area (Å²) in [5.41, 5.74) is -0.870. The molecular formula is C19H30F3N5O. The van der Waals surface area contributed by atoms with Crippen LogP contribution >= 0.6 is 0 Å². The molecular weight excluding hydrogens is 371 g/mol. The summed E-state index contributed by atoms with van der Waals surface area (Å²) in [6.07, 6.45) is -1.14. The zero-order valence-corrected chi connectivity index (χ0v) is 16.7. The highest BCUT2D eigenvalue weighted by molar-refractivity contribution is 5.79. The Morgan fingerprint density at radius 2 is 2.07 bits per heavy atom. The Morgan fingerprint density at radius 3 is 2.68 bits per heavy atom. The number of ether oxygens (including phenoxy) is 1. The molecule has 1 aliphatic heterocycles. The van der Waals surface area contributed by atoms with E-state index in [-0.39, 0.29) is 6.61 Å². The molecule has 0 atom stereocenters. The van der Waals surface area contributed by atoms with Gasteiger partial charge in [0.1, 0.15) is 12.2 Å². The van der Waals surface area contributed by atoms with Crippen molar-refractivity contribution in [2.45, 2.75) is 38.9 Å². The van der Waals surface area contributed by atoms with Gasteiger partial charge in [0.25, 0.3) is 0 Å². The second-order valence-corrected chi connectivity index (χ2v) is 7.31. The topological polar surface area (TPSA) is 61.8 Å². The van der Waals surface area contributed by atoms with Crippen molar-refractivity contribution < 1.29 is 17.9 Å². The average Bonchev–Trinajstić information content (AvgIpc) is 2.64. The number of halogens is 3. The first kappa shape index (κ1) is 22.3. The molecule has 0 saturated carbocycles. The van der Waals surface area contributed by atoms with Crippen LogP contribution in [0.25, 0.3) is 0 Å². The van der Waals surface area contributed by atoms with Gasteiger partial charge >= 0.3 is 6.18 Å². The van der Waals surface area contributed by atoms with Crippen LogP contribution < -0.4 is 15.4 Å². The third kappa shape index (κ3) is 7.18. The maximum Gasteiger partial charge on any atom is 0.421 e. The molecule has 2 heterocycles. The number of aromatic nitrogens is 1. The molecule has 0 aliphatic carbocycles. The highest BCUT2D eigenvalue weighted by Crippen LogP contribution is 2.34. The van der Waals surface area contributed by atoms with Gasteiger partial charge in [0.15, 0.2) is 5.96 Å². The number of hydrogen-bond donors (Lipinski definition) is 2. The minimum absolute atomic E-state index is 0.0492. The van der Waals surface area contributed by atoms with Crippen LogP contribution in [0.4, 0.5) is 13.2 Å². The molecule has 0 unspecified atom stereocenters. The van der Waals surface area contributed by atoms with E-state index in [1.165, 1.54) is 12.3 Å². The highest BCUT2D eigenvalue weighted by atomic mass is 19.4. The minimum Gasteiger partial charge on any atom is -0.475 e. The number of aliphatic imine (C=N–C) groups is 1. The van der Waals surface area contributed by atoms with Crippen LogP contribution in [-0.2, 0) is 6.18 Å². The lowest BCUT2D eigenvalue weighted by Crippen LogP contribution is -2.49. The van der Waals surface area contributed by atoms with E-state index in [0.717, 1.165) is 38.5 Å². The van der Waals surface area contributed by atoms with E-state index in [1.54, 1.807) is 7.05 Å². The summed E-state index contributed by atoms with van der Waals surface area (Å²) in [6, 6.07) is 2.54. The first-order valence-electron chi connectivity index (χ1n) is 9.64. The summed E-state index contributed by atoms with van der Waals surface area (Å²) in [6.45, 7) is 8.03. The van der Waals surface area contributed by atoms with Crippen molar-refractivity contribution in [2.24, 2.45) is 10.9 Å². The van der Waals surface area contributed by atoms with Crippen LogP contribution in [0, 0.1) is 5.92 Å². The van der Waals surface area contributed by atoms with Gasteiger partial charge < -0.3 is 20.3 Å². The molecule has 1 aromatic rings. The van der Waals surface area contributed by atoms with Crippen LogP contribution in [0.1, 0.15) is 32.3 Å². The largest absolute Gasteiger partial charge is 0.475 e. The summed E-state index contributed by atoms with van der Waals surface area (Å²) < 4.78 is 44.0. The fourth-order valence-corrected chi connectivity index (χ4v) is 3.20. The summed E-state index contributed by atoms with van der Waals surface area (Å²) in [5.74, 6) is 0.885. The van der Waals surface area contributed by atoms with Crippen LogP contribution in [0.15, 0.2) is 23.3 Å². The van der Waals surface area contributed by atoms with E-state index in [4.69, 9.17) is 4.74 Å². The van der Waals surface area contributed by atoms with E-state index in [0.29, 0.717) is 24.5 Å². The quantitative estimate of drug-likeness (QED) is 0.418. The molecule has 0 bridgehead atoms. The molecule has 1 aliphatic rings. The van der Waals surface area contributed by atoms with Crippen LogP contribution in [0.5, 0.6) is 5.88 Å². The Bertz CT molecular complexity index is 628. The second kappa shape index (κ2) is 10.5. The van der Waals surface area contributed by atoms with Gasteiger partial charge in [-0.25, -0.2) is 4.98 Å². The highest BCUT2D eigenvalue weighted by Gasteiger charge is 2.35. The standard InChI is InChI=1S/C19H30F3N5O/c1-14(2)13-27-10-6-15(7-11-27)26-18(23-3)25-9-12-28-17-16(19(20,21)22)5-4-8-24-17/h4-5,8,14-15H,6-7,9-13H2,1-3H3,(H2,23,25,26). The lowest BCUT2D eigenvalue weighted by atomic mass is 10.0. The lowest BCUT2D eigenvalue weighted by Gasteiger charge is -2.33. The summed E-state index contributed by atoms with van der Waals surface area (Å²) >= 11 is 0. The number of nitrogens with one attached hydrogen (secondary N) is 2. The number of rotatable bonds is 7. The Balaban J connectivity index is 1.73. The van der Waals surface area contributed by atoms with Crippen molar-refractivity contribution in [3.05, 3.63) is 23.9 Å². The van der Waals surface area contributed by atoms with Gasteiger partial charge in [0.2, 0.25) is 5.88 Å². The Labute approximate surface area is 164 Å². The molecule has 1 saturated heterocycles. The zero-order chi connectivity index (χ0) is 20.6. The van der Waals surface area contributed by atoms with Gasteiger partial charge in [-0.2, -0.15) is 13.2 Å². The molecule has 1 fully saturated rings. The number of nitrogens with zero attached hydrogens (tertiary/aromatic N) is 3. The van der Waals surface area contributed by atoms with Crippen molar-refractivity contribution in [1.82, 2.24) is 20.5 Å². The molecule has 9 heteroatoms. The van der Waals surface area contributed by atoms with Gasteiger partial charge in [-0.1, -0.05) is 13.8 Å². The summed E-state index contributed by atoms with van der Waals surface area (Å²) in [7, 11) is 1.67. The van der Waals surface area contributed by atoms with Crippen molar-refractivity contribution in [1.29, 1.82) is 0 Å². The molecule has 2 N–H and O–H groups in total.